The van der Waals surface area contributed by atoms with E-state index in [0.29, 0.717) is 0 Å². The minimum absolute atomic E-state index is 0.01000. The molecule has 6 heteroatoms. The zero-order valence-electron chi connectivity index (χ0n) is 9.25. The first-order valence-electron chi connectivity index (χ1n) is 5.13. The van der Waals surface area contributed by atoms with E-state index in [-0.39, 0.29) is 17.9 Å². The minimum Gasteiger partial charge on any atom is -0.463 e. The number of hydrogen-bond acceptors (Lipinski definition) is 5. The van der Waals surface area contributed by atoms with Crippen molar-refractivity contribution < 1.29 is 22.1 Å². The van der Waals surface area contributed by atoms with Crippen LogP contribution in [0.25, 0.3) is 0 Å². The number of hydrogen-bond donors (Lipinski definition) is 0. The average Bonchev–Trinajstić information content (AvgIpc) is 2.63. The minimum atomic E-state index is -3.82. The molecule has 92 valence electrons. The number of aryl methyl sites for hydroxylation is 1. The largest absolute Gasteiger partial charge is 0.463 e. The topological polar surface area (TPSA) is 69.7 Å². The lowest BCUT2D eigenvalue weighted by Gasteiger charge is -2.09. The van der Waals surface area contributed by atoms with E-state index in [1.165, 1.54) is 12.1 Å². The van der Waals surface area contributed by atoms with Gasteiger partial charge in [0.2, 0.25) is 0 Å². The van der Waals surface area contributed by atoms with Gasteiger partial charge in [0, 0.05) is 0 Å². The first-order valence-corrected chi connectivity index (χ1v) is 6.54. The van der Waals surface area contributed by atoms with Crippen molar-refractivity contribution in [3.63, 3.8) is 0 Å². The van der Waals surface area contributed by atoms with Crippen LogP contribution in [0.2, 0.25) is 0 Å². The molecule has 1 aliphatic heterocycles. The lowest BCUT2D eigenvalue weighted by atomic mass is 10.2. The normalized spacial score (nSPS) is 20.3. The van der Waals surface area contributed by atoms with Crippen molar-refractivity contribution in [1.29, 1.82) is 0 Å². The van der Waals surface area contributed by atoms with Crippen LogP contribution in [0.3, 0.4) is 0 Å². The molecule has 5 nitrogen and oxygen atoms in total. The van der Waals surface area contributed by atoms with Crippen molar-refractivity contribution in [1.82, 2.24) is 0 Å². The quantitative estimate of drug-likeness (QED) is 0.596. The molecule has 0 radical (unpaired) electrons. The Kier molecular flexibility index (Phi) is 3.17. The van der Waals surface area contributed by atoms with Crippen LogP contribution in [-0.2, 0) is 23.8 Å². The molecule has 1 atom stereocenters. The zero-order valence-corrected chi connectivity index (χ0v) is 10.1. The van der Waals surface area contributed by atoms with Crippen LogP contribution in [0.4, 0.5) is 0 Å². The second-order valence-corrected chi connectivity index (χ2v) is 5.44. The molecule has 1 aromatic carbocycles. The molecule has 2 rings (SSSR count). The maximum Gasteiger partial charge on any atom is 0.308 e. The van der Waals surface area contributed by atoms with E-state index in [4.69, 9.17) is 4.18 Å². The highest BCUT2D eigenvalue weighted by Gasteiger charge is 2.30. The summed E-state index contributed by atoms with van der Waals surface area (Å²) in [4.78, 5) is 10.9. The van der Waals surface area contributed by atoms with Crippen molar-refractivity contribution in [2.75, 3.05) is 6.61 Å². The number of carbonyl (C=O) groups is 1. The first-order chi connectivity index (χ1) is 7.97. The van der Waals surface area contributed by atoms with E-state index in [0.717, 1.165) is 5.56 Å². The molecule has 0 N–H and O–H groups in total. The highest BCUT2D eigenvalue weighted by atomic mass is 32.2. The van der Waals surface area contributed by atoms with Crippen molar-refractivity contribution in [2.45, 2.75) is 24.3 Å². The molecule has 1 aromatic rings. The highest BCUT2D eigenvalue weighted by Crippen LogP contribution is 2.19. The molecule has 0 unspecified atom stereocenters. The van der Waals surface area contributed by atoms with Crippen LogP contribution in [-0.4, -0.2) is 27.1 Å². The van der Waals surface area contributed by atoms with E-state index in [1.807, 2.05) is 6.92 Å². The summed E-state index contributed by atoms with van der Waals surface area (Å²) in [6, 6.07) is 6.32. The van der Waals surface area contributed by atoms with E-state index in [2.05, 4.69) is 4.74 Å². The fraction of sp³-hybridized carbons (Fsp3) is 0.364. The molecule has 1 heterocycles. The maximum absolute atomic E-state index is 11.8. The fourth-order valence-electron chi connectivity index (χ4n) is 1.49. The average molecular weight is 256 g/mol. The third-order valence-electron chi connectivity index (χ3n) is 2.40. The Morgan fingerprint density at radius 3 is 2.47 bits per heavy atom. The van der Waals surface area contributed by atoms with E-state index >= 15 is 0 Å². The molecule has 0 aliphatic carbocycles. The number of cyclic esters (lactones) is 1. The molecular formula is C11H12O5S. The van der Waals surface area contributed by atoms with Gasteiger partial charge in [0.05, 0.1) is 11.3 Å². The number of carbonyl (C=O) groups excluding carboxylic acids is 1. The number of benzene rings is 1. The third kappa shape index (κ3) is 2.83. The molecule has 0 saturated carbocycles. The van der Waals surface area contributed by atoms with Crippen LogP contribution in [0.1, 0.15) is 12.0 Å². The summed E-state index contributed by atoms with van der Waals surface area (Å²) in [5.41, 5.74) is 0.961. The summed E-state index contributed by atoms with van der Waals surface area (Å²) in [6.45, 7) is 1.85. The molecule has 1 aliphatic rings. The monoisotopic (exact) mass is 256 g/mol. The Bertz CT molecular complexity index is 517. The standard InChI is InChI=1S/C11H12O5S/c1-8-2-4-10(5-3-8)17(13,14)16-9-6-11(12)15-7-9/h2-5,9H,6-7H2,1H3/t9-/m0/s1. The van der Waals surface area contributed by atoms with Crippen LogP contribution >= 0.6 is 0 Å². The van der Waals surface area contributed by atoms with Gasteiger partial charge in [-0.3, -0.25) is 8.98 Å². The van der Waals surface area contributed by atoms with Gasteiger partial charge in [-0.05, 0) is 19.1 Å². The van der Waals surface area contributed by atoms with Crippen LogP contribution in [0, 0.1) is 6.92 Å². The van der Waals surface area contributed by atoms with Gasteiger partial charge < -0.3 is 4.74 Å². The second kappa shape index (κ2) is 4.46. The van der Waals surface area contributed by atoms with E-state index < -0.39 is 22.2 Å². The summed E-state index contributed by atoms with van der Waals surface area (Å²) >= 11 is 0. The molecule has 0 spiro atoms. The smallest absolute Gasteiger partial charge is 0.308 e. The van der Waals surface area contributed by atoms with Gasteiger partial charge in [-0.25, -0.2) is 0 Å². The van der Waals surface area contributed by atoms with Gasteiger partial charge in [0.1, 0.15) is 12.7 Å². The van der Waals surface area contributed by atoms with Crippen molar-refractivity contribution in [2.24, 2.45) is 0 Å². The Morgan fingerprint density at radius 2 is 1.94 bits per heavy atom. The second-order valence-electron chi connectivity index (χ2n) is 3.87. The van der Waals surface area contributed by atoms with Crippen LogP contribution < -0.4 is 0 Å². The molecule has 17 heavy (non-hydrogen) atoms. The number of ether oxygens (including phenoxy) is 1. The summed E-state index contributed by atoms with van der Waals surface area (Å²) in [6.07, 6.45) is -0.737. The number of esters is 1. The van der Waals surface area contributed by atoms with Crippen LogP contribution in [0.15, 0.2) is 29.2 Å². The molecule has 1 fully saturated rings. The molecule has 0 bridgehead atoms. The lowest BCUT2D eigenvalue weighted by molar-refractivity contribution is -0.137. The Morgan fingerprint density at radius 1 is 1.29 bits per heavy atom. The summed E-state index contributed by atoms with van der Waals surface area (Å²) in [7, 11) is -3.82. The van der Waals surface area contributed by atoms with Gasteiger partial charge in [-0.15, -0.1) is 0 Å². The Hall–Kier alpha value is -1.40. The van der Waals surface area contributed by atoms with Gasteiger partial charge in [-0.2, -0.15) is 8.42 Å². The Balaban J connectivity index is 2.14. The highest BCUT2D eigenvalue weighted by molar-refractivity contribution is 7.86. The first kappa shape index (κ1) is 12.1. The van der Waals surface area contributed by atoms with Crippen molar-refractivity contribution in [3.05, 3.63) is 29.8 Å². The third-order valence-corrected chi connectivity index (χ3v) is 3.77. The van der Waals surface area contributed by atoms with Gasteiger partial charge in [-0.1, -0.05) is 17.7 Å². The lowest BCUT2D eigenvalue weighted by Crippen LogP contribution is -2.18. The van der Waals surface area contributed by atoms with Gasteiger partial charge >= 0.3 is 5.97 Å². The molecule has 1 saturated heterocycles. The predicted octanol–water partition coefficient (Wildman–Crippen LogP) is 1.02. The molecule has 0 amide bonds. The van der Waals surface area contributed by atoms with Gasteiger partial charge in [0.15, 0.2) is 0 Å². The summed E-state index contributed by atoms with van der Waals surface area (Å²) in [5, 5.41) is 0. The zero-order chi connectivity index (χ0) is 12.5. The molecule has 0 aromatic heterocycles. The molecular weight excluding hydrogens is 244 g/mol. The summed E-state index contributed by atoms with van der Waals surface area (Å²) in [5.74, 6) is -0.436. The van der Waals surface area contributed by atoms with Crippen molar-refractivity contribution in [3.8, 4) is 0 Å². The van der Waals surface area contributed by atoms with E-state index in [9.17, 15) is 13.2 Å². The predicted molar refractivity (Wildman–Crippen MR) is 58.8 cm³/mol. The number of rotatable bonds is 3. The fourth-order valence-corrected chi connectivity index (χ4v) is 2.55. The maximum atomic E-state index is 11.8. The SMILES string of the molecule is Cc1ccc(S(=O)(=O)O[C@@H]2COC(=O)C2)cc1. The van der Waals surface area contributed by atoms with Crippen molar-refractivity contribution >= 4 is 16.1 Å². The summed E-state index contributed by atoms with van der Waals surface area (Å²) < 4.78 is 33.2. The van der Waals surface area contributed by atoms with Gasteiger partial charge in [0.25, 0.3) is 10.1 Å². The Labute approximate surface area is 99.5 Å². The van der Waals surface area contributed by atoms with Crippen LogP contribution in [0.5, 0.6) is 0 Å². The van der Waals surface area contributed by atoms with E-state index in [1.54, 1.807) is 12.1 Å².